The number of hydrogen-bond donors (Lipinski definition) is 8. The summed E-state index contributed by atoms with van der Waals surface area (Å²) in [5.74, 6) is 0. The molecule has 0 saturated carbocycles. The summed E-state index contributed by atoms with van der Waals surface area (Å²) in [6, 6.07) is 56.9. The molecule has 4 aromatic heterocycles. The number of rotatable bonds is 17. The standard InChI is InChI=1S/C52H50N8/c1-5-13-49-39(9-1)23-45(57-49)31-53-27-35-17-36(28-54-32-46-24-40-10-2-6-14-50(40)58-46)20-43(19-35)44-21-37(29-55-33-47-25-41-11-3-7-15-51(41)59-47)18-38(22-44)30-56-34-48-26-42-12-4-8-16-52(42)60-48/h1-26,53-60H,27-34H2. The summed E-state index contributed by atoms with van der Waals surface area (Å²) in [7, 11) is 0. The van der Waals surface area contributed by atoms with Crippen molar-refractivity contribution in [1.82, 2.24) is 41.2 Å². The fourth-order valence-corrected chi connectivity index (χ4v) is 8.55. The fourth-order valence-electron chi connectivity index (χ4n) is 8.55. The average molecular weight is 787 g/mol. The maximum atomic E-state index is 3.73. The van der Waals surface area contributed by atoms with E-state index in [9.17, 15) is 0 Å². The molecule has 0 aliphatic heterocycles. The quantitative estimate of drug-likeness (QED) is 0.0470. The number of para-hydroxylation sites is 4. The van der Waals surface area contributed by atoms with E-state index in [1.54, 1.807) is 0 Å². The van der Waals surface area contributed by atoms with Crippen LogP contribution in [0.2, 0.25) is 0 Å². The van der Waals surface area contributed by atoms with Crippen LogP contribution in [0, 0.1) is 0 Å². The summed E-state index contributed by atoms with van der Waals surface area (Å²) in [4.78, 5) is 14.3. The van der Waals surface area contributed by atoms with Gasteiger partial charge >= 0.3 is 0 Å². The molecule has 4 heterocycles. The lowest BCUT2D eigenvalue weighted by atomic mass is 9.96. The molecule has 0 aliphatic rings. The Kier molecular flexibility index (Phi) is 10.8. The highest BCUT2D eigenvalue weighted by Gasteiger charge is 2.11. The number of fused-ring (bicyclic) bond motifs is 4. The lowest BCUT2D eigenvalue weighted by molar-refractivity contribution is 0.671. The largest absolute Gasteiger partial charge is 0.357 e. The first kappa shape index (κ1) is 37.6. The number of aromatic nitrogens is 4. The maximum Gasteiger partial charge on any atom is 0.0456 e. The Hall–Kier alpha value is -6.68. The first-order valence-corrected chi connectivity index (χ1v) is 21.0. The third kappa shape index (κ3) is 8.83. The van der Waals surface area contributed by atoms with E-state index in [1.165, 1.54) is 99.8 Å². The predicted octanol–water partition coefficient (Wildman–Crippen LogP) is 10.4. The van der Waals surface area contributed by atoms with Crippen molar-refractivity contribution < 1.29 is 0 Å². The van der Waals surface area contributed by atoms with Gasteiger partial charge in [0.05, 0.1) is 0 Å². The van der Waals surface area contributed by atoms with Gasteiger partial charge < -0.3 is 41.2 Å². The van der Waals surface area contributed by atoms with Gasteiger partial charge in [-0.15, -0.1) is 0 Å². The monoisotopic (exact) mass is 786 g/mol. The zero-order chi connectivity index (χ0) is 40.1. The summed E-state index contributed by atoms with van der Waals surface area (Å²) >= 11 is 0. The van der Waals surface area contributed by atoms with Gasteiger partial charge in [0.25, 0.3) is 0 Å². The van der Waals surface area contributed by atoms with Gasteiger partial charge in [-0.1, -0.05) is 84.9 Å². The van der Waals surface area contributed by atoms with Crippen LogP contribution < -0.4 is 21.3 Å². The van der Waals surface area contributed by atoms with E-state index >= 15 is 0 Å². The van der Waals surface area contributed by atoms with Gasteiger partial charge in [-0.25, -0.2) is 0 Å². The molecule has 0 spiro atoms. The normalized spacial score (nSPS) is 11.8. The molecule has 0 atom stereocenters. The SMILES string of the molecule is c1ccc2[nH]c(CNCc3cc(CNCc4cc5ccccc5[nH]4)cc(-c4cc(CNCc5cc6ccccc6[nH]5)cc(CNCc5cc6ccccc6[nH]5)c4)c3)cc2c1. The predicted molar refractivity (Wildman–Crippen MR) is 247 cm³/mol. The van der Waals surface area contributed by atoms with Crippen molar-refractivity contribution in [2.45, 2.75) is 52.4 Å². The van der Waals surface area contributed by atoms with E-state index < -0.39 is 0 Å². The van der Waals surface area contributed by atoms with Crippen molar-refractivity contribution >= 4 is 43.6 Å². The van der Waals surface area contributed by atoms with E-state index in [4.69, 9.17) is 0 Å². The van der Waals surface area contributed by atoms with E-state index in [0.717, 1.165) is 52.4 Å². The Balaban J connectivity index is 0.907. The molecule has 298 valence electrons. The first-order chi connectivity index (χ1) is 29.6. The summed E-state index contributed by atoms with van der Waals surface area (Å²) in [5, 5.41) is 19.9. The average Bonchev–Trinajstić information content (AvgIpc) is 4.07. The molecular formula is C52H50N8. The highest BCUT2D eigenvalue weighted by atomic mass is 14.9. The lowest BCUT2D eigenvalue weighted by Crippen LogP contribution is -2.16. The van der Waals surface area contributed by atoms with Crippen molar-refractivity contribution in [1.29, 1.82) is 0 Å². The first-order valence-electron chi connectivity index (χ1n) is 21.0. The second kappa shape index (κ2) is 17.3. The molecule has 60 heavy (non-hydrogen) atoms. The molecule has 6 aromatic carbocycles. The molecule has 0 saturated heterocycles. The Labute approximate surface area is 349 Å². The van der Waals surface area contributed by atoms with E-state index in [0.29, 0.717) is 0 Å². The molecule has 10 rings (SSSR count). The van der Waals surface area contributed by atoms with E-state index in [1.807, 2.05) is 0 Å². The minimum atomic E-state index is 0.753. The maximum absolute atomic E-state index is 3.73. The molecule has 8 N–H and O–H groups in total. The van der Waals surface area contributed by atoms with Crippen LogP contribution in [0.1, 0.15) is 45.0 Å². The Morgan fingerprint density at radius 1 is 0.267 bits per heavy atom. The molecule has 0 bridgehead atoms. The van der Waals surface area contributed by atoms with Crippen LogP contribution in [0.5, 0.6) is 0 Å². The van der Waals surface area contributed by atoms with Crippen LogP contribution in [0.4, 0.5) is 0 Å². The smallest absolute Gasteiger partial charge is 0.0456 e. The van der Waals surface area contributed by atoms with Crippen molar-refractivity contribution in [3.8, 4) is 11.1 Å². The zero-order valence-electron chi connectivity index (χ0n) is 33.7. The molecule has 0 amide bonds. The highest BCUT2D eigenvalue weighted by molar-refractivity contribution is 5.82. The third-order valence-electron chi connectivity index (χ3n) is 11.4. The molecular weight excluding hydrogens is 737 g/mol. The number of nitrogens with one attached hydrogen (secondary N) is 8. The van der Waals surface area contributed by atoms with Gasteiger partial charge in [-0.05, 0) is 128 Å². The van der Waals surface area contributed by atoms with Crippen LogP contribution in [-0.4, -0.2) is 19.9 Å². The fraction of sp³-hybridized carbons (Fsp3) is 0.154. The molecule has 0 fully saturated rings. The van der Waals surface area contributed by atoms with Gasteiger partial charge in [-0.3, -0.25) is 0 Å². The lowest BCUT2D eigenvalue weighted by Gasteiger charge is -2.15. The second-order valence-electron chi connectivity index (χ2n) is 16.0. The topological polar surface area (TPSA) is 111 Å². The van der Waals surface area contributed by atoms with Gasteiger partial charge in [0, 0.05) is 97.2 Å². The number of benzene rings is 6. The van der Waals surface area contributed by atoms with Gasteiger partial charge in [0.2, 0.25) is 0 Å². The van der Waals surface area contributed by atoms with Crippen LogP contribution >= 0.6 is 0 Å². The number of hydrogen-bond acceptors (Lipinski definition) is 4. The van der Waals surface area contributed by atoms with Gasteiger partial charge in [0.15, 0.2) is 0 Å². The molecule has 0 radical (unpaired) electrons. The third-order valence-corrected chi connectivity index (χ3v) is 11.4. The van der Waals surface area contributed by atoms with Gasteiger partial charge in [0.1, 0.15) is 0 Å². The molecule has 8 nitrogen and oxygen atoms in total. The Bertz CT molecular complexity index is 2500. The number of aromatic amines is 4. The van der Waals surface area contributed by atoms with Crippen molar-refractivity contribution in [2.24, 2.45) is 0 Å². The van der Waals surface area contributed by atoms with Crippen LogP contribution in [-0.2, 0) is 52.4 Å². The molecule has 8 heteroatoms. The summed E-state index contributed by atoms with van der Waals surface area (Å²) in [6.45, 7) is 6.05. The Morgan fingerprint density at radius 3 is 0.767 bits per heavy atom. The summed E-state index contributed by atoms with van der Waals surface area (Å²) in [5.41, 5.74) is 16.9. The summed E-state index contributed by atoms with van der Waals surface area (Å²) in [6.07, 6.45) is 0. The minimum absolute atomic E-state index is 0.753. The van der Waals surface area contributed by atoms with Gasteiger partial charge in [-0.2, -0.15) is 0 Å². The van der Waals surface area contributed by atoms with E-state index in [-0.39, 0.29) is 0 Å². The Morgan fingerprint density at radius 2 is 0.517 bits per heavy atom. The number of H-pyrrole nitrogens is 4. The molecule has 10 aromatic rings. The highest BCUT2D eigenvalue weighted by Crippen LogP contribution is 2.27. The molecule has 0 unspecified atom stereocenters. The molecule has 0 aliphatic carbocycles. The van der Waals surface area contributed by atoms with Crippen molar-refractivity contribution in [3.05, 3.63) is 203 Å². The minimum Gasteiger partial charge on any atom is -0.357 e. The van der Waals surface area contributed by atoms with E-state index in [2.05, 4.69) is 199 Å². The van der Waals surface area contributed by atoms with Crippen LogP contribution in [0.15, 0.2) is 158 Å². The van der Waals surface area contributed by atoms with Crippen LogP contribution in [0.3, 0.4) is 0 Å². The van der Waals surface area contributed by atoms with Crippen molar-refractivity contribution in [3.63, 3.8) is 0 Å². The zero-order valence-corrected chi connectivity index (χ0v) is 33.7. The van der Waals surface area contributed by atoms with Crippen LogP contribution in [0.25, 0.3) is 54.7 Å². The second-order valence-corrected chi connectivity index (χ2v) is 16.0. The van der Waals surface area contributed by atoms with Crippen molar-refractivity contribution in [2.75, 3.05) is 0 Å². The summed E-state index contributed by atoms with van der Waals surface area (Å²) < 4.78 is 0.